The molecule has 9 aliphatic carbocycles. The molecular weight excluding hydrogens is 888 g/mol. The van der Waals surface area contributed by atoms with Crippen molar-refractivity contribution >= 4 is 51.0 Å². The minimum atomic E-state index is -0.0948. The Balaban J connectivity index is 0.888. The molecule has 7 atom stereocenters. The van der Waals surface area contributed by atoms with Crippen LogP contribution in [0.2, 0.25) is 0 Å². The smallest absolute Gasteiger partial charge is 0.333 e. The van der Waals surface area contributed by atoms with E-state index in [1.54, 1.807) is 11.1 Å². The van der Waals surface area contributed by atoms with Gasteiger partial charge in [0.05, 0.1) is 11.0 Å². The standard InChI is InChI=1S/C68H53BN2O2/c1-3-9-38(10-4-1)40-15-18-49(19-16-40)71-57-30-62-61(72-59-13-7-8-14-60(59)73-62)29-51(57)52-22-41(39-11-5-2-6-12-39)23-58-63(52)69(71)55-28-44(65-33-47-24-45-25-48(34-65)68(45,47)37-65)27-53-50-26-43(17-20-56(50)70(58)64(53)55)66-32-46-21-42-31-67(46,36-66)54(42)35-66/h1-20,22-23,26-30,42,45-48,54H,21,24-25,31-37H2. The number of fused-ring (bicyclic) bond motifs is 11. The Labute approximate surface area is 426 Å². The lowest BCUT2D eigenvalue weighted by molar-refractivity contribution is -0.175. The zero-order valence-electron chi connectivity index (χ0n) is 40.9. The SMILES string of the molecule is c1ccc(-c2ccc(N3B4c5c(cc(-c6ccccc6)cc5-n5c6ccc(C78CC9CC%10CC9(C7)C%10C8)cc6c6cc(C78CC9CC%10CC(C7)C%109C8)cc4c65)-c4cc5c(cc43)Oc3ccccc3O5)cc2)cc1. The van der Waals surface area contributed by atoms with Crippen LogP contribution in [0.3, 0.4) is 0 Å². The molecule has 4 heterocycles. The van der Waals surface area contributed by atoms with Gasteiger partial charge in [0.1, 0.15) is 0 Å². The highest BCUT2D eigenvalue weighted by Gasteiger charge is 2.78. The molecule has 0 amide bonds. The van der Waals surface area contributed by atoms with Crippen LogP contribution < -0.4 is 25.2 Å². The summed E-state index contributed by atoms with van der Waals surface area (Å²) < 4.78 is 16.4. The zero-order valence-corrected chi connectivity index (χ0v) is 40.9. The topological polar surface area (TPSA) is 26.6 Å². The fourth-order valence-corrected chi connectivity index (χ4v) is 20.6. The zero-order chi connectivity index (χ0) is 46.9. The van der Waals surface area contributed by atoms with Crippen molar-refractivity contribution in [1.29, 1.82) is 0 Å². The third-order valence-electron chi connectivity index (χ3n) is 23.2. The van der Waals surface area contributed by atoms with E-state index in [0.29, 0.717) is 16.2 Å². The van der Waals surface area contributed by atoms with Crippen LogP contribution in [0.5, 0.6) is 23.0 Å². The summed E-state index contributed by atoms with van der Waals surface area (Å²) >= 11 is 0. The van der Waals surface area contributed by atoms with Gasteiger partial charge in [0.15, 0.2) is 23.0 Å². The molecule has 9 saturated carbocycles. The van der Waals surface area contributed by atoms with Crippen molar-refractivity contribution in [2.24, 2.45) is 46.3 Å². The Morgan fingerprint density at radius 1 is 0.479 bits per heavy atom. The quantitative estimate of drug-likeness (QED) is 0.161. The van der Waals surface area contributed by atoms with E-state index in [1.807, 2.05) is 24.3 Å². The lowest BCUT2D eigenvalue weighted by Crippen LogP contribution is -2.61. The number of hydrogen-bond donors (Lipinski definition) is 0. The van der Waals surface area contributed by atoms with Gasteiger partial charge < -0.3 is 18.9 Å². The molecular formula is C68H53BN2O2. The number of nitrogens with zero attached hydrogens (tertiary/aromatic N) is 2. The third kappa shape index (κ3) is 4.41. The maximum atomic E-state index is 6.85. The van der Waals surface area contributed by atoms with Crippen molar-refractivity contribution in [3.63, 3.8) is 0 Å². The van der Waals surface area contributed by atoms with E-state index >= 15 is 0 Å². The van der Waals surface area contributed by atoms with Crippen molar-refractivity contribution in [3.8, 4) is 62.1 Å². The number of aromatic nitrogens is 1. The van der Waals surface area contributed by atoms with Crippen LogP contribution >= 0.6 is 0 Å². The van der Waals surface area contributed by atoms with Crippen molar-refractivity contribution < 1.29 is 9.47 Å². The molecule has 9 fully saturated rings. The van der Waals surface area contributed by atoms with Crippen LogP contribution in [0.1, 0.15) is 75.3 Å². The molecule has 4 nitrogen and oxygen atoms in total. The summed E-state index contributed by atoms with van der Waals surface area (Å²) in [4.78, 5) is 2.70. The molecule has 1 aromatic heterocycles. The number of rotatable bonds is 5. The van der Waals surface area contributed by atoms with E-state index in [4.69, 9.17) is 9.47 Å². The molecule has 7 unspecified atom stereocenters. The average molecular weight is 941 g/mol. The maximum absolute atomic E-state index is 6.85. The van der Waals surface area contributed by atoms with Crippen LogP contribution in [-0.2, 0) is 10.8 Å². The van der Waals surface area contributed by atoms with Gasteiger partial charge in [-0.1, -0.05) is 97.1 Å². The van der Waals surface area contributed by atoms with E-state index < -0.39 is 0 Å². The fourth-order valence-electron chi connectivity index (χ4n) is 20.6. The van der Waals surface area contributed by atoms with E-state index in [-0.39, 0.29) is 12.3 Å². The summed E-state index contributed by atoms with van der Waals surface area (Å²) in [6.45, 7) is -0.0948. The first-order chi connectivity index (χ1) is 35.9. The molecule has 350 valence electrons. The second-order valence-corrected chi connectivity index (χ2v) is 25.6. The number of anilines is 2. The molecule has 12 aliphatic rings. The lowest BCUT2D eigenvalue weighted by atomic mass is 9.38. The van der Waals surface area contributed by atoms with Crippen LogP contribution in [0.15, 0.2) is 164 Å². The first-order valence-electron chi connectivity index (χ1n) is 27.9. The monoisotopic (exact) mass is 940 g/mol. The van der Waals surface area contributed by atoms with Gasteiger partial charge in [-0.2, -0.15) is 0 Å². The van der Waals surface area contributed by atoms with Gasteiger partial charge in [0.2, 0.25) is 0 Å². The summed E-state index contributed by atoms with van der Waals surface area (Å²) in [7, 11) is 0. The lowest BCUT2D eigenvalue weighted by Gasteiger charge is -2.66. The Morgan fingerprint density at radius 2 is 1.16 bits per heavy atom. The number of para-hydroxylation sites is 2. The van der Waals surface area contributed by atoms with Crippen molar-refractivity contribution in [2.45, 2.75) is 75.0 Å². The average Bonchev–Trinajstić information content (AvgIpc) is 4.46. The molecule has 0 N–H and O–H groups in total. The molecule has 2 spiro atoms. The second-order valence-electron chi connectivity index (χ2n) is 25.6. The van der Waals surface area contributed by atoms with Gasteiger partial charge in [0.25, 0.3) is 0 Å². The molecule has 9 aromatic rings. The summed E-state index contributed by atoms with van der Waals surface area (Å²) in [6.07, 6.45) is 14.3. The van der Waals surface area contributed by atoms with Crippen molar-refractivity contribution in [1.82, 2.24) is 4.57 Å². The molecule has 5 bridgehead atoms. The van der Waals surface area contributed by atoms with Gasteiger partial charge in [-0.3, -0.25) is 0 Å². The Kier molecular flexibility index (Phi) is 6.61. The van der Waals surface area contributed by atoms with Gasteiger partial charge in [-0.15, -0.1) is 0 Å². The highest BCUT2D eigenvalue weighted by Crippen LogP contribution is 2.85. The number of benzene rings is 8. The fraction of sp³-hybridized carbons (Fsp3) is 0.294. The summed E-state index contributed by atoms with van der Waals surface area (Å²) in [5.74, 6) is 8.71. The second kappa shape index (κ2) is 12.5. The van der Waals surface area contributed by atoms with E-state index in [2.05, 4.69) is 149 Å². The largest absolute Gasteiger partial charge is 0.449 e. The summed E-state index contributed by atoms with van der Waals surface area (Å²) in [5.41, 5.74) is 21.7. The predicted molar refractivity (Wildman–Crippen MR) is 293 cm³/mol. The highest BCUT2D eigenvalue weighted by molar-refractivity contribution is 6.93. The molecule has 3 aliphatic heterocycles. The van der Waals surface area contributed by atoms with E-state index in [9.17, 15) is 0 Å². The molecule has 21 rings (SSSR count). The summed E-state index contributed by atoms with van der Waals surface area (Å²) in [5, 5.41) is 2.94. The van der Waals surface area contributed by atoms with Crippen LogP contribution in [0.25, 0.3) is 60.9 Å². The van der Waals surface area contributed by atoms with Gasteiger partial charge >= 0.3 is 6.85 Å². The normalized spacial score (nSPS) is 32.5. The van der Waals surface area contributed by atoms with Crippen LogP contribution in [-0.4, -0.2) is 11.4 Å². The Hall–Kier alpha value is -6.98. The van der Waals surface area contributed by atoms with Crippen molar-refractivity contribution in [2.75, 3.05) is 4.81 Å². The van der Waals surface area contributed by atoms with Crippen LogP contribution in [0.4, 0.5) is 11.4 Å². The molecule has 8 aromatic carbocycles. The minimum absolute atomic E-state index is 0.0948. The Morgan fingerprint density at radius 3 is 1.89 bits per heavy atom. The molecule has 73 heavy (non-hydrogen) atoms. The van der Waals surface area contributed by atoms with Gasteiger partial charge in [-0.25, -0.2) is 0 Å². The first-order valence-corrected chi connectivity index (χ1v) is 27.9. The summed E-state index contributed by atoms with van der Waals surface area (Å²) in [6, 6.07) is 62.7. The van der Waals surface area contributed by atoms with E-state index in [1.165, 1.54) is 142 Å². The van der Waals surface area contributed by atoms with Gasteiger partial charge in [-0.05, 0) is 232 Å². The first kappa shape index (κ1) is 38.6. The number of ether oxygens (including phenoxy) is 2. The maximum Gasteiger partial charge on any atom is 0.333 e. The minimum Gasteiger partial charge on any atom is -0.449 e. The van der Waals surface area contributed by atoms with Crippen molar-refractivity contribution in [3.05, 3.63) is 175 Å². The van der Waals surface area contributed by atoms with Gasteiger partial charge in [0, 0.05) is 39.5 Å². The molecule has 5 heteroatoms. The predicted octanol–water partition coefficient (Wildman–Crippen LogP) is 15.4. The Bertz CT molecular complexity index is 4000. The number of hydrogen-bond acceptors (Lipinski definition) is 3. The highest BCUT2D eigenvalue weighted by atomic mass is 16.6. The van der Waals surface area contributed by atoms with E-state index in [0.717, 1.165) is 64.2 Å². The molecule has 0 saturated heterocycles. The molecule has 0 radical (unpaired) electrons. The van der Waals surface area contributed by atoms with Crippen LogP contribution in [0, 0.1) is 46.3 Å². The third-order valence-corrected chi connectivity index (χ3v) is 23.2.